The van der Waals surface area contributed by atoms with E-state index in [-0.39, 0.29) is 0 Å². The molecule has 0 saturated carbocycles. The zero-order valence-electron chi connectivity index (χ0n) is 8.69. The summed E-state index contributed by atoms with van der Waals surface area (Å²) in [6.07, 6.45) is 6.58. The lowest BCUT2D eigenvalue weighted by Gasteiger charge is -2.10. The highest BCUT2D eigenvalue weighted by atomic mass is 28.3. The number of nitrogens with one attached hydrogen (secondary N) is 1. The van der Waals surface area contributed by atoms with E-state index in [1.165, 1.54) is 31.9 Å². The highest BCUT2D eigenvalue weighted by molar-refractivity contribution is 6.76. The van der Waals surface area contributed by atoms with Crippen molar-refractivity contribution in [3.8, 4) is 0 Å². The second-order valence-electron chi connectivity index (χ2n) is 5.08. The predicted molar refractivity (Wildman–Crippen MR) is 58.1 cm³/mol. The molecule has 1 aliphatic rings. The summed E-state index contributed by atoms with van der Waals surface area (Å²) in [5, 5.41) is 3.53. The van der Waals surface area contributed by atoms with Crippen LogP contribution in [0.4, 0.5) is 0 Å². The van der Waals surface area contributed by atoms with Gasteiger partial charge in [-0.1, -0.05) is 19.6 Å². The van der Waals surface area contributed by atoms with Gasteiger partial charge in [-0.2, -0.15) is 0 Å². The molecule has 0 spiro atoms. The molecule has 0 aromatic rings. The van der Waals surface area contributed by atoms with Crippen LogP contribution in [0.15, 0.2) is 0 Å². The molecule has 0 aromatic carbocycles. The molecule has 1 N–H and O–H groups in total. The fourth-order valence-electron chi connectivity index (χ4n) is 1.68. The molecule has 0 radical (unpaired) electrons. The molecule has 1 fully saturated rings. The van der Waals surface area contributed by atoms with Crippen molar-refractivity contribution in [1.29, 1.82) is 0 Å². The highest BCUT2D eigenvalue weighted by Gasteiger charge is 2.22. The van der Waals surface area contributed by atoms with Crippen molar-refractivity contribution >= 4 is 8.07 Å². The van der Waals surface area contributed by atoms with Gasteiger partial charge in [0.2, 0.25) is 0 Å². The SMILES string of the molecule is C[Si](C)(C)C[CH+]CC1CCCN1. The van der Waals surface area contributed by atoms with Gasteiger partial charge in [-0.15, -0.1) is 0 Å². The van der Waals surface area contributed by atoms with Crippen LogP contribution in [0.3, 0.4) is 0 Å². The summed E-state index contributed by atoms with van der Waals surface area (Å²) in [5.74, 6) is 0. The molecule has 70 valence electrons. The Labute approximate surface area is 77.9 Å². The van der Waals surface area contributed by atoms with E-state index in [0.717, 1.165) is 6.04 Å². The summed E-state index contributed by atoms with van der Waals surface area (Å²) in [5.41, 5.74) is 0. The molecule has 1 aliphatic heterocycles. The Balaban J connectivity index is 2.02. The Morgan fingerprint density at radius 1 is 1.42 bits per heavy atom. The van der Waals surface area contributed by atoms with E-state index in [9.17, 15) is 0 Å². The maximum atomic E-state index is 3.53. The lowest BCUT2D eigenvalue weighted by molar-refractivity contribution is 0.596. The summed E-state index contributed by atoms with van der Waals surface area (Å²) in [7, 11) is -0.812. The molecule has 0 amide bonds. The summed E-state index contributed by atoms with van der Waals surface area (Å²) in [4.78, 5) is 0. The standard InChI is InChI=1S/C10H22NSi/c1-12(2,3)9-5-7-10-6-4-8-11-10/h5,10-11H,4,6-9H2,1-3H3/q+1. The van der Waals surface area contributed by atoms with Crippen molar-refractivity contribution in [2.45, 2.75) is 51.0 Å². The van der Waals surface area contributed by atoms with Crippen LogP contribution in [0, 0.1) is 6.42 Å². The van der Waals surface area contributed by atoms with Gasteiger partial charge in [-0.25, -0.2) is 0 Å². The summed E-state index contributed by atoms with van der Waals surface area (Å²) in [6, 6.07) is 2.19. The normalized spacial score (nSPS) is 24.4. The summed E-state index contributed by atoms with van der Waals surface area (Å²) in [6.45, 7) is 8.55. The molecule has 1 saturated heterocycles. The van der Waals surface area contributed by atoms with Gasteiger partial charge in [0.1, 0.15) is 6.42 Å². The zero-order valence-corrected chi connectivity index (χ0v) is 9.69. The minimum Gasteiger partial charge on any atom is -0.310 e. The first kappa shape index (κ1) is 10.1. The lowest BCUT2D eigenvalue weighted by atomic mass is 10.1. The quantitative estimate of drug-likeness (QED) is 0.523. The van der Waals surface area contributed by atoms with Crippen LogP contribution < -0.4 is 5.32 Å². The zero-order chi connectivity index (χ0) is 9.03. The van der Waals surface area contributed by atoms with E-state index in [1.807, 2.05) is 0 Å². The molecule has 1 atom stereocenters. The van der Waals surface area contributed by atoms with E-state index in [2.05, 4.69) is 31.4 Å². The summed E-state index contributed by atoms with van der Waals surface area (Å²) < 4.78 is 0. The molecule has 1 nitrogen and oxygen atoms in total. The number of hydrogen-bond donors (Lipinski definition) is 1. The third kappa shape index (κ3) is 4.17. The molecular formula is C10H22NSi+. The second kappa shape index (κ2) is 4.33. The first-order chi connectivity index (χ1) is 5.58. The fraction of sp³-hybridized carbons (Fsp3) is 0.900. The molecule has 0 aromatic heterocycles. The molecule has 1 rings (SSSR count). The van der Waals surface area contributed by atoms with E-state index < -0.39 is 8.07 Å². The van der Waals surface area contributed by atoms with Gasteiger partial charge in [0.05, 0.1) is 20.5 Å². The number of rotatable bonds is 4. The van der Waals surface area contributed by atoms with Crippen molar-refractivity contribution in [2.24, 2.45) is 0 Å². The van der Waals surface area contributed by atoms with E-state index >= 15 is 0 Å². The average molecular weight is 184 g/mol. The van der Waals surface area contributed by atoms with Gasteiger partial charge in [0.15, 0.2) is 0 Å². The van der Waals surface area contributed by atoms with Crippen molar-refractivity contribution in [2.75, 3.05) is 6.54 Å². The molecule has 1 heterocycles. The monoisotopic (exact) mass is 184 g/mol. The van der Waals surface area contributed by atoms with Crippen molar-refractivity contribution < 1.29 is 0 Å². The van der Waals surface area contributed by atoms with Gasteiger partial charge >= 0.3 is 0 Å². The van der Waals surface area contributed by atoms with E-state index in [1.54, 1.807) is 0 Å². The topological polar surface area (TPSA) is 12.0 Å². The van der Waals surface area contributed by atoms with Crippen LogP contribution >= 0.6 is 0 Å². The Bertz CT molecular complexity index is 122. The third-order valence-electron chi connectivity index (χ3n) is 2.37. The largest absolute Gasteiger partial charge is 0.310 e. The van der Waals surface area contributed by atoms with Crippen LogP contribution in [0.5, 0.6) is 0 Å². The number of hydrogen-bond acceptors (Lipinski definition) is 1. The minimum absolute atomic E-state index is 0.807. The molecule has 0 bridgehead atoms. The van der Waals surface area contributed by atoms with Gasteiger partial charge in [0, 0.05) is 6.04 Å². The van der Waals surface area contributed by atoms with E-state index in [4.69, 9.17) is 0 Å². The maximum Gasteiger partial charge on any atom is 0.102 e. The smallest absolute Gasteiger partial charge is 0.102 e. The molecule has 2 heteroatoms. The first-order valence-corrected chi connectivity index (χ1v) is 8.84. The predicted octanol–water partition coefficient (Wildman–Crippen LogP) is 2.67. The first-order valence-electron chi connectivity index (χ1n) is 5.13. The second-order valence-corrected chi connectivity index (χ2v) is 10.6. The van der Waals surface area contributed by atoms with E-state index in [0.29, 0.717) is 0 Å². The Hall–Kier alpha value is 0.0469. The third-order valence-corrected chi connectivity index (χ3v) is 3.88. The van der Waals surface area contributed by atoms with Crippen molar-refractivity contribution in [3.05, 3.63) is 6.42 Å². The minimum atomic E-state index is -0.812. The molecule has 12 heavy (non-hydrogen) atoms. The Kier molecular flexibility index (Phi) is 3.66. The van der Waals surface area contributed by atoms with Crippen LogP contribution in [0.25, 0.3) is 0 Å². The van der Waals surface area contributed by atoms with Crippen LogP contribution in [-0.2, 0) is 0 Å². The highest BCUT2D eigenvalue weighted by Crippen LogP contribution is 2.16. The van der Waals surface area contributed by atoms with Gasteiger partial charge in [-0.05, 0) is 19.4 Å². The van der Waals surface area contributed by atoms with Crippen LogP contribution in [0.1, 0.15) is 19.3 Å². The molecular weight excluding hydrogens is 162 g/mol. The van der Waals surface area contributed by atoms with Crippen molar-refractivity contribution in [3.63, 3.8) is 0 Å². The maximum absolute atomic E-state index is 3.53. The average Bonchev–Trinajstić information content (AvgIpc) is 2.36. The van der Waals surface area contributed by atoms with Gasteiger partial charge in [0.25, 0.3) is 0 Å². The molecule has 1 unspecified atom stereocenters. The lowest BCUT2D eigenvalue weighted by Crippen LogP contribution is -2.24. The summed E-state index contributed by atoms with van der Waals surface area (Å²) >= 11 is 0. The van der Waals surface area contributed by atoms with Crippen LogP contribution in [-0.4, -0.2) is 20.7 Å². The Morgan fingerprint density at radius 3 is 2.67 bits per heavy atom. The van der Waals surface area contributed by atoms with Crippen LogP contribution in [0.2, 0.25) is 25.7 Å². The van der Waals surface area contributed by atoms with Crippen molar-refractivity contribution in [1.82, 2.24) is 5.32 Å². The fourth-order valence-corrected chi connectivity index (χ4v) is 2.71. The van der Waals surface area contributed by atoms with Gasteiger partial charge in [-0.3, -0.25) is 0 Å². The van der Waals surface area contributed by atoms with Gasteiger partial charge < -0.3 is 5.32 Å². The Morgan fingerprint density at radius 2 is 2.17 bits per heavy atom. The molecule has 0 aliphatic carbocycles.